The van der Waals surface area contributed by atoms with E-state index in [2.05, 4.69) is 15.3 Å². The molecule has 1 atom stereocenters. The SMILES string of the molecule is NC(=O)[C@H]1NC(=O)CCC1=O.NCCc1cnc[nH]1. The van der Waals surface area contributed by atoms with E-state index in [1.807, 2.05) is 0 Å². The van der Waals surface area contributed by atoms with E-state index in [0.717, 1.165) is 12.1 Å². The second-order valence-corrected chi connectivity index (χ2v) is 3.98. The molecule has 0 unspecified atom stereocenters. The predicted octanol–water partition coefficient (Wildman–Crippen LogP) is -1.77. The molecule has 8 nitrogen and oxygen atoms in total. The zero-order valence-electron chi connectivity index (χ0n) is 10.4. The zero-order chi connectivity index (χ0) is 14.3. The lowest BCUT2D eigenvalue weighted by atomic mass is 10.0. The first-order chi connectivity index (χ1) is 9.04. The van der Waals surface area contributed by atoms with Gasteiger partial charge in [0.2, 0.25) is 11.8 Å². The number of ketones is 1. The molecule has 1 fully saturated rings. The quantitative estimate of drug-likeness (QED) is 0.479. The van der Waals surface area contributed by atoms with Gasteiger partial charge in [0.25, 0.3) is 0 Å². The highest BCUT2D eigenvalue weighted by Gasteiger charge is 2.30. The largest absolute Gasteiger partial charge is 0.367 e. The number of aromatic nitrogens is 2. The van der Waals surface area contributed by atoms with Crippen LogP contribution in [-0.4, -0.2) is 40.2 Å². The number of imidazole rings is 1. The lowest BCUT2D eigenvalue weighted by molar-refractivity contribution is -0.138. The summed E-state index contributed by atoms with van der Waals surface area (Å²) in [5.41, 5.74) is 11.2. The zero-order valence-corrected chi connectivity index (χ0v) is 10.4. The summed E-state index contributed by atoms with van der Waals surface area (Å²) in [7, 11) is 0. The van der Waals surface area contributed by atoms with Crippen LogP contribution in [0.5, 0.6) is 0 Å². The molecule has 104 valence electrons. The van der Waals surface area contributed by atoms with E-state index in [-0.39, 0.29) is 24.5 Å². The number of piperidine rings is 1. The Morgan fingerprint density at radius 1 is 1.42 bits per heavy atom. The van der Waals surface area contributed by atoms with E-state index >= 15 is 0 Å². The summed E-state index contributed by atoms with van der Waals surface area (Å²) in [5.74, 6) is -1.39. The van der Waals surface area contributed by atoms with E-state index < -0.39 is 11.9 Å². The van der Waals surface area contributed by atoms with Gasteiger partial charge in [-0.25, -0.2) is 4.98 Å². The normalized spacial score (nSPS) is 18.3. The maximum Gasteiger partial charge on any atom is 0.247 e. The lowest BCUT2D eigenvalue weighted by Crippen LogP contribution is -2.52. The van der Waals surface area contributed by atoms with Gasteiger partial charge in [-0.2, -0.15) is 0 Å². The summed E-state index contributed by atoms with van der Waals surface area (Å²) < 4.78 is 0. The van der Waals surface area contributed by atoms with E-state index in [1.165, 1.54) is 0 Å². The molecule has 0 spiro atoms. The summed E-state index contributed by atoms with van der Waals surface area (Å²) >= 11 is 0. The molecular formula is C11H17N5O3. The number of hydrogen-bond acceptors (Lipinski definition) is 5. The van der Waals surface area contributed by atoms with Crippen LogP contribution in [0.25, 0.3) is 0 Å². The highest BCUT2D eigenvalue weighted by atomic mass is 16.2. The van der Waals surface area contributed by atoms with Crippen molar-refractivity contribution in [1.82, 2.24) is 15.3 Å². The summed E-state index contributed by atoms with van der Waals surface area (Å²) in [5, 5.41) is 2.20. The van der Waals surface area contributed by atoms with E-state index in [0.29, 0.717) is 6.54 Å². The molecule has 2 amide bonds. The van der Waals surface area contributed by atoms with Crippen LogP contribution < -0.4 is 16.8 Å². The van der Waals surface area contributed by atoms with Gasteiger partial charge in [0.1, 0.15) is 0 Å². The van der Waals surface area contributed by atoms with Crippen molar-refractivity contribution in [1.29, 1.82) is 0 Å². The van der Waals surface area contributed by atoms with Gasteiger partial charge in [-0.15, -0.1) is 0 Å². The molecular weight excluding hydrogens is 250 g/mol. The third-order valence-electron chi connectivity index (χ3n) is 2.48. The third-order valence-corrected chi connectivity index (χ3v) is 2.48. The van der Waals surface area contributed by atoms with E-state index in [4.69, 9.17) is 11.5 Å². The Kier molecular flexibility index (Phi) is 5.68. The highest BCUT2D eigenvalue weighted by molar-refractivity contribution is 6.10. The Morgan fingerprint density at radius 2 is 2.16 bits per heavy atom. The molecule has 19 heavy (non-hydrogen) atoms. The molecule has 1 aromatic heterocycles. The van der Waals surface area contributed by atoms with Crippen molar-refractivity contribution in [2.24, 2.45) is 11.5 Å². The van der Waals surface area contributed by atoms with Crippen molar-refractivity contribution in [3.8, 4) is 0 Å². The standard InChI is InChI=1S/C6H8N2O3.C5H9N3/c7-6(11)5-3(9)1-2-4(10)8-5;6-2-1-5-3-7-4-8-5/h5H,1-2H2,(H2,7,11)(H,8,10);3-4H,1-2,6H2,(H,7,8)/t5-;/m0./s1. The fourth-order valence-corrected chi connectivity index (χ4v) is 1.50. The molecule has 0 aliphatic carbocycles. The minimum absolute atomic E-state index is 0.111. The Balaban J connectivity index is 0.000000200. The van der Waals surface area contributed by atoms with Gasteiger partial charge in [0.15, 0.2) is 11.8 Å². The molecule has 0 aromatic carbocycles. The Labute approximate surface area is 109 Å². The first-order valence-electron chi connectivity index (χ1n) is 5.83. The molecule has 2 rings (SSSR count). The minimum Gasteiger partial charge on any atom is -0.367 e. The molecule has 0 saturated carbocycles. The number of carbonyl (C=O) groups excluding carboxylic acids is 3. The van der Waals surface area contributed by atoms with Gasteiger partial charge < -0.3 is 21.8 Å². The van der Waals surface area contributed by atoms with Crippen LogP contribution in [0.1, 0.15) is 18.5 Å². The van der Waals surface area contributed by atoms with E-state index in [1.54, 1.807) is 12.5 Å². The van der Waals surface area contributed by atoms with Gasteiger partial charge in [0.05, 0.1) is 6.33 Å². The molecule has 8 heteroatoms. The summed E-state index contributed by atoms with van der Waals surface area (Å²) in [6.07, 6.45) is 4.60. The number of aromatic amines is 1. The van der Waals surface area contributed by atoms with Crippen LogP contribution in [0.2, 0.25) is 0 Å². The lowest BCUT2D eigenvalue weighted by Gasteiger charge is -2.18. The summed E-state index contributed by atoms with van der Waals surface area (Å²) in [6, 6.07) is -1.10. The number of carbonyl (C=O) groups is 3. The van der Waals surface area contributed by atoms with Gasteiger partial charge in [-0.05, 0) is 6.54 Å². The van der Waals surface area contributed by atoms with Crippen molar-refractivity contribution in [3.05, 3.63) is 18.2 Å². The number of amides is 2. The molecule has 6 N–H and O–H groups in total. The van der Waals surface area contributed by atoms with Crippen molar-refractivity contribution < 1.29 is 14.4 Å². The Bertz CT molecular complexity index is 443. The number of primary amides is 1. The van der Waals surface area contributed by atoms with Crippen LogP contribution in [0.15, 0.2) is 12.5 Å². The second-order valence-electron chi connectivity index (χ2n) is 3.98. The van der Waals surface area contributed by atoms with Crippen LogP contribution in [-0.2, 0) is 20.8 Å². The molecule has 0 bridgehead atoms. The van der Waals surface area contributed by atoms with Crippen molar-refractivity contribution >= 4 is 17.6 Å². The number of H-pyrrole nitrogens is 1. The van der Waals surface area contributed by atoms with Gasteiger partial charge in [-0.1, -0.05) is 0 Å². The Morgan fingerprint density at radius 3 is 2.63 bits per heavy atom. The molecule has 2 heterocycles. The minimum atomic E-state index is -1.10. The molecule has 1 aromatic rings. The van der Waals surface area contributed by atoms with Gasteiger partial charge >= 0.3 is 0 Å². The van der Waals surface area contributed by atoms with Gasteiger partial charge in [-0.3, -0.25) is 14.4 Å². The number of Topliss-reactive ketones (excluding diaryl/α,β-unsaturated/α-hetero) is 1. The van der Waals surface area contributed by atoms with Crippen LogP contribution in [0, 0.1) is 0 Å². The first kappa shape index (κ1) is 14.8. The fourth-order valence-electron chi connectivity index (χ4n) is 1.50. The van der Waals surface area contributed by atoms with Crippen LogP contribution in [0.3, 0.4) is 0 Å². The number of nitrogens with two attached hydrogens (primary N) is 2. The van der Waals surface area contributed by atoms with Gasteiger partial charge in [0, 0.05) is 31.2 Å². The Hall–Kier alpha value is -2.22. The monoisotopic (exact) mass is 267 g/mol. The second kappa shape index (κ2) is 7.27. The fraction of sp³-hybridized carbons (Fsp3) is 0.455. The summed E-state index contributed by atoms with van der Waals surface area (Å²) in [4.78, 5) is 38.8. The number of nitrogens with zero attached hydrogens (tertiary/aromatic N) is 1. The predicted molar refractivity (Wildman–Crippen MR) is 66.7 cm³/mol. The maximum absolute atomic E-state index is 10.9. The average molecular weight is 267 g/mol. The van der Waals surface area contributed by atoms with E-state index in [9.17, 15) is 14.4 Å². The smallest absolute Gasteiger partial charge is 0.247 e. The van der Waals surface area contributed by atoms with Crippen LogP contribution in [0.4, 0.5) is 0 Å². The highest BCUT2D eigenvalue weighted by Crippen LogP contribution is 2.03. The maximum atomic E-state index is 10.9. The molecule has 1 saturated heterocycles. The topological polar surface area (TPSA) is 144 Å². The van der Waals surface area contributed by atoms with Crippen molar-refractivity contribution in [2.75, 3.05) is 6.54 Å². The van der Waals surface area contributed by atoms with Crippen LogP contribution >= 0.6 is 0 Å². The molecule has 1 aliphatic rings. The molecule has 0 radical (unpaired) electrons. The number of rotatable bonds is 3. The number of hydrogen-bond donors (Lipinski definition) is 4. The number of nitrogens with one attached hydrogen (secondary N) is 2. The van der Waals surface area contributed by atoms with Crippen molar-refractivity contribution in [2.45, 2.75) is 25.3 Å². The average Bonchev–Trinajstić information content (AvgIpc) is 2.86. The summed E-state index contributed by atoms with van der Waals surface area (Å²) in [6.45, 7) is 0.683. The first-order valence-corrected chi connectivity index (χ1v) is 5.83. The third kappa shape index (κ3) is 4.88. The van der Waals surface area contributed by atoms with Crippen molar-refractivity contribution in [3.63, 3.8) is 0 Å². The molecule has 1 aliphatic heterocycles.